The summed E-state index contributed by atoms with van der Waals surface area (Å²) in [5.41, 5.74) is 0. The minimum atomic E-state index is 0.465. The van der Waals surface area contributed by atoms with Crippen molar-refractivity contribution in [3.8, 4) is 0 Å². The monoisotopic (exact) mass is 206 g/mol. The molecule has 0 unspecified atom stereocenters. The summed E-state index contributed by atoms with van der Waals surface area (Å²) in [5, 5.41) is 0. The maximum Gasteiger partial charge on any atom is 0.363 e. The van der Waals surface area contributed by atoms with Crippen LogP contribution in [0.2, 0.25) is 11.6 Å². The first kappa shape index (κ1) is 11.1. The molecule has 2 rings (SSSR count). The van der Waals surface area contributed by atoms with Gasteiger partial charge in [0.25, 0.3) is 0 Å². The molecule has 0 aromatic rings. The average Bonchev–Trinajstić information content (AvgIpc) is 2.16. The van der Waals surface area contributed by atoms with E-state index >= 15 is 0 Å². The lowest BCUT2D eigenvalue weighted by molar-refractivity contribution is 0.308. The van der Waals surface area contributed by atoms with Crippen LogP contribution in [0, 0.1) is 5.92 Å². The van der Waals surface area contributed by atoms with Crippen LogP contribution in [0.3, 0.4) is 0 Å². The molecule has 2 aliphatic rings. The summed E-state index contributed by atoms with van der Waals surface area (Å²) in [6.07, 6.45) is 8.37. The molecular weight excluding hydrogens is 183 g/mol. The lowest BCUT2D eigenvalue weighted by Gasteiger charge is -2.40. The van der Waals surface area contributed by atoms with Gasteiger partial charge in [-0.25, -0.2) is 0 Å². The van der Waals surface area contributed by atoms with Crippen LogP contribution in [0.25, 0.3) is 0 Å². The molecule has 0 aliphatic carbocycles. The summed E-state index contributed by atoms with van der Waals surface area (Å²) < 4.78 is 6.13. The molecule has 1 nitrogen and oxygen atoms in total. The molecule has 0 radical (unpaired) electrons. The van der Waals surface area contributed by atoms with Crippen LogP contribution in [0.4, 0.5) is 0 Å². The Labute approximate surface area is 94.4 Å². The van der Waals surface area contributed by atoms with Crippen molar-refractivity contribution < 1.29 is 4.65 Å². The summed E-state index contributed by atoms with van der Waals surface area (Å²) in [6.45, 7) is 8.89. The van der Waals surface area contributed by atoms with Gasteiger partial charge in [0.05, 0.1) is 5.76 Å². The van der Waals surface area contributed by atoms with Crippen LogP contribution in [-0.4, -0.2) is 6.92 Å². The molecule has 0 spiro atoms. The SMILES string of the molecule is C=C(OB1C2CCCC1CCC2)C(C)C. The number of rotatable bonds is 3. The molecule has 2 heteroatoms. The minimum Gasteiger partial charge on any atom is -0.563 e. The van der Waals surface area contributed by atoms with E-state index in [1.165, 1.54) is 38.5 Å². The lowest BCUT2D eigenvalue weighted by Crippen LogP contribution is -2.37. The summed E-state index contributed by atoms with van der Waals surface area (Å²) in [6, 6.07) is 0. The summed E-state index contributed by atoms with van der Waals surface area (Å²) in [7, 11) is 0. The Balaban J connectivity index is 1.97. The van der Waals surface area contributed by atoms with E-state index in [9.17, 15) is 0 Å². The van der Waals surface area contributed by atoms with Crippen molar-refractivity contribution in [1.29, 1.82) is 0 Å². The zero-order chi connectivity index (χ0) is 10.8. The Morgan fingerprint density at radius 2 is 1.60 bits per heavy atom. The van der Waals surface area contributed by atoms with Crippen molar-refractivity contribution in [2.45, 2.75) is 64.0 Å². The number of fused-ring (bicyclic) bond motifs is 2. The van der Waals surface area contributed by atoms with Gasteiger partial charge in [-0.1, -0.05) is 59.0 Å². The normalized spacial score (nSPS) is 30.5. The summed E-state index contributed by atoms with van der Waals surface area (Å²) in [4.78, 5) is 0. The van der Waals surface area contributed by atoms with Gasteiger partial charge in [0.15, 0.2) is 0 Å². The molecule has 0 N–H and O–H groups in total. The predicted molar refractivity (Wildman–Crippen MR) is 66.0 cm³/mol. The van der Waals surface area contributed by atoms with Gasteiger partial charge in [0.1, 0.15) is 0 Å². The smallest absolute Gasteiger partial charge is 0.363 e. The third kappa shape index (κ3) is 2.40. The van der Waals surface area contributed by atoms with Gasteiger partial charge in [-0.3, -0.25) is 0 Å². The zero-order valence-corrected chi connectivity index (χ0v) is 10.2. The van der Waals surface area contributed by atoms with Crippen LogP contribution in [-0.2, 0) is 4.65 Å². The van der Waals surface area contributed by atoms with Crippen molar-refractivity contribution in [2.24, 2.45) is 5.92 Å². The van der Waals surface area contributed by atoms with E-state index in [0.29, 0.717) is 12.8 Å². The molecule has 2 aliphatic heterocycles. The van der Waals surface area contributed by atoms with E-state index < -0.39 is 0 Å². The van der Waals surface area contributed by atoms with Gasteiger partial charge < -0.3 is 4.65 Å². The second-order valence-corrected chi connectivity index (χ2v) is 5.59. The molecule has 2 saturated heterocycles. The molecule has 2 fully saturated rings. The third-order valence-corrected chi connectivity index (χ3v) is 4.16. The molecule has 0 atom stereocenters. The quantitative estimate of drug-likeness (QED) is 0.494. The zero-order valence-electron chi connectivity index (χ0n) is 10.2. The van der Waals surface area contributed by atoms with Crippen molar-refractivity contribution in [3.05, 3.63) is 12.3 Å². The Kier molecular flexibility index (Phi) is 3.43. The highest BCUT2D eigenvalue weighted by Crippen LogP contribution is 2.47. The first-order valence-electron chi connectivity index (χ1n) is 6.54. The van der Waals surface area contributed by atoms with Crippen molar-refractivity contribution in [1.82, 2.24) is 0 Å². The van der Waals surface area contributed by atoms with Gasteiger partial charge in [0, 0.05) is 5.92 Å². The van der Waals surface area contributed by atoms with E-state index in [1.54, 1.807) is 0 Å². The third-order valence-electron chi connectivity index (χ3n) is 4.16. The van der Waals surface area contributed by atoms with Crippen molar-refractivity contribution in [2.75, 3.05) is 0 Å². The predicted octanol–water partition coefficient (Wildman–Crippen LogP) is 4.27. The fraction of sp³-hybridized carbons (Fsp3) is 0.846. The first-order chi connectivity index (χ1) is 7.18. The molecule has 15 heavy (non-hydrogen) atoms. The van der Waals surface area contributed by atoms with Crippen molar-refractivity contribution in [3.63, 3.8) is 0 Å². The fourth-order valence-electron chi connectivity index (χ4n) is 3.12. The fourth-order valence-corrected chi connectivity index (χ4v) is 3.12. The van der Waals surface area contributed by atoms with Gasteiger partial charge in [-0.15, -0.1) is 0 Å². The van der Waals surface area contributed by atoms with E-state index in [1.807, 2.05) is 0 Å². The number of hydrogen-bond donors (Lipinski definition) is 0. The Bertz CT molecular complexity index is 215. The molecule has 2 heterocycles. The second-order valence-electron chi connectivity index (χ2n) is 5.59. The minimum absolute atomic E-state index is 0.465. The topological polar surface area (TPSA) is 9.23 Å². The maximum absolute atomic E-state index is 6.13. The maximum atomic E-state index is 6.13. The second kappa shape index (κ2) is 4.63. The molecule has 84 valence electrons. The van der Waals surface area contributed by atoms with Gasteiger partial charge >= 0.3 is 6.92 Å². The van der Waals surface area contributed by atoms with Crippen LogP contribution in [0.5, 0.6) is 0 Å². The molecule has 0 aromatic carbocycles. The Morgan fingerprint density at radius 1 is 1.13 bits per heavy atom. The van der Waals surface area contributed by atoms with Crippen LogP contribution >= 0.6 is 0 Å². The Hall–Kier alpha value is -0.395. The first-order valence-corrected chi connectivity index (χ1v) is 6.54. The highest BCUT2D eigenvalue weighted by Gasteiger charge is 2.42. The van der Waals surface area contributed by atoms with E-state index in [2.05, 4.69) is 20.4 Å². The molecule has 0 amide bonds. The average molecular weight is 206 g/mol. The lowest BCUT2D eigenvalue weighted by atomic mass is 9.38. The van der Waals surface area contributed by atoms with Crippen molar-refractivity contribution >= 4 is 6.92 Å². The molecule has 0 aromatic heterocycles. The van der Waals surface area contributed by atoms with E-state index in [0.717, 1.165) is 17.4 Å². The summed E-state index contributed by atoms with van der Waals surface area (Å²) in [5.74, 6) is 3.12. The molecule has 2 bridgehead atoms. The summed E-state index contributed by atoms with van der Waals surface area (Å²) >= 11 is 0. The molecular formula is C13H23BO. The largest absolute Gasteiger partial charge is 0.563 e. The highest BCUT2D eigenvalue weighted by atomic mass is 16.4. The number of allylic oxidation sites excluding steroid dienone is 1. The van der Waals surface area contributed by atoms with Crippen LogP contribution in [0.1, 0.15) is 52.4 Å². The van der Waals surface area contributed by atoms with Gasteiger partial charge in [-0.05, 0) is 11.6 Å². The van der Waals surface area contributed by atoms with Gasteiger partial charge in [0.2, 0.25) is 0 Å². The van der Waals surface area contributed by atoms with Crippen LogP contribution < -0.4 is 0 Å². The van der Waals surface area contributed by atoms with Crippen LogP contribution in [0.15, 0.2) is 12.3 Å². The molecule has 0 saturated carbocycles. The highest BCUT2D eigenvalue weighted by molar-refractivity contribution is 6.56. The van der Waals surface area contributed by atoms with Gasteiger partial charge in [-0.2, -0.15) is 0 Å². The van der Waals surface area contributed by atoms with E-state index in [-0.39, 0.29) is 0 Å². The Morgan fingerprint density at radius 3 is 2.00 bits per heavy atom. The van der Waals surface area contributed by atoms with E-state index in [4.69, 9.17) is 4.65 Å². The standard InChI is InChI=1S/C13H23BO/c1-10(2)11(3)15-14-12-6-4-7-13(14)9-5-8-12/h10,12-13H,3-9H2,1-2H3. The number of hydrogen-bond acceptors (Lipinski definition) is 1.